The quantitative estimate of drug-likeness (QED) is 0.0305. The summed E-state index contributed by atoms with van der Waals surface area (Å²) >= 11 is 5.47. The number of aromatic nitrogens is 2. The Bertz CT molecular complexity index is 2140. The first kappa shape index (κ1) is 55.1. The Morgan fingerprint density at radius 2 is 1.34 bits per heavy atom. The van der Waals surface area contributed by atoms with Gasteiger partial charge >= 0.3 is 164 Å². The summed E-state index contributed by atoms with van der Waals surface area (Å²) in [6, 6.07) is 12.7. The monoisotopic (exact) mass is 1070 g/mol. The number of rotatable bonds is 9. The normalized spacial score (nSPS) is 13.8. The molecule has 0 bridgehead atoms. The predicted molar refractivity (Wildman–Crippen MR) is 204 cm³/mol. The van der Waals surface area contributed by atoms with Crippen LogP contribution < -0.4 is 159 Å². The van der Waals surface area contributed by atoms with E-state index in [0.29, 0.717) is 46.4 Å². The average Bonchev–Trinajstić information content (AvgIpc) is 3.66. The molecule has 0 radical (unpaired) electrons. The third kappa shape index (κ3) is 17.4. The van der Waals surface area contributed by atoms with Gasteiger partial charge < -0.3 is 50.2 Å². The summed E-state index contributed by atoms with van der Waals surface area (Å²) in [5, 5.41) is 38.2. The Morgan fingerprint density at radius 1 is 0.864 bits per heavy atom. The minimum absolute atomic E-state index is 0. The van der Waals surface area contributed by atoms with Crippen molar-refractivity contribution in [3.63, 3.8) is 0 Å². The van der Waals surface area contributed by atoms with Crippen LogP contribution in [0.1, 0.15) is 62.6 Å². The topological polar surface area (TPSA) is 225 Å². The van der Waals surface area contributed by atoms with E-state index in [2.05, 4.69) is 24.5 Å². The molecule has 59 heavy (non-hydrogen) atoms. The first-order valence-corrected chi connectivity index (χ1v) is 17.3. The van der Waals surface area contributed by atoms with Gasteiger partial charge in [0.25, 0.3) is 6.47 Å². The van der Waals surface area contributed by atoms with Crippen LogP contribution in [0.3, 0.4) is 0 Å². The summed E-state index contributed by atoms with van der Waals surface area (Å²) in [6.45, 7) is 21.2. The van der Waals surface area contributed by atoms with Gasteiger partial charge in [0.1, 0.15) is 16.7 Å². The number of aromatic hydroxyl groups is 1. The zero-order valence-electron chi connectivity index (χ0n) is 34.1. The van der Waals surface area contributed by atoms with Gasteiger partial charge in [-0.2, -0.15) is 0 Å². The molecule has 2 aliphatic heterocycles. The van der Waals surface area contributed by atoms with Gasteiger partial charge in [-0.3, -0.25) is 14.4 Å². The average molecular weight is 1070 g/mol. The van der Waals surface area contributed by atoms with E-state index < -0.39 is 26.4 Å². The van der Waals surface area contributed by atoms with E-state index in [1.165, 1.54) is 30.6 Å². The van der Waals surface area contributed by atoms with E-state index in [1.54, 1.807) is 51.1 Å². The number of pyridine rings is 2. The fourth-order valence-electron chi connectivity index (χ4n) is 5.69. The Balaban J connectivity index is 0.000000889. The maximum atomic E-state index is 11.8. The maximum absolute atomic E-state index is 11.8. The molecular formula is C37H37B2ClCs2N4O13. The second-order valence-corrected chi connectivity index (χ2v) is 12.1. The van der Waals surface area contributed by atoms with Crippen molar-refractivity contribution in [2.24, 2.45) is 0 Å². The van der Waals surface area contributed by atoms with Gasteiger partial charge in [-0.25, -0.2) is 19.7 Å². The molecule has 0 saturated carbocycles. The smallest absolute Gasteiger partial charge is 1.00 e. The van der Waals surface area contributed by atoms with Crippen LogP contribution >= 0.6 is 11.6 Å². The number of phenols is 1. The van der Waals surface area contributed by atoms with Crippen LogP contribution in [0.25, 0.3) is 9.69 Å². The molecular weight excluding hydrogens is 1030 g/mol. The Labute approximate surface area is 465 Å². The van der Waals surface area contributed by atoms with Crippen LogP contribution in [0.5, 0.6) is 17.4 Å². The second kappa shape index (κ2) is 28.6. The minimum atomic E-state index is -1.14. The Hall–Kier alpha value is -1.95. The number of ether oxygens (including phenoxy) is 3. The predicted octanol–water partition coefficient (Wildman–Crippen LogP) is -2.30. The van der Waals surface area contributed by atoms with Crippen molar-refractivity contribution in [2.45, 2.75) is 52.7 Å². The molecule has 0 amide bonds. The number of carbonyl (C=O) groups excluding carboxylic acids is 3. The van der Waals surface area contributed by atoms with Gasteiger partial charge in [0, 0.05) is 18.5 Å². The second-order valence-electron chi connectivity index (χ2n) is 11.7. The number of hydrogen-bond donors (Lipinski definition) is 3. The molecule has 2 aromatic heterocycles. The molecule has 2 aliphatic rings. The number of hydrogen-bond acceptors (Lipinski definition) is 15. The van der Waals surface area contributed by atoms with Gasteiger partial charge in [-0.1, -0.05) is 11.6 Å². The number of halogens is 1. The molecule has 0 spiro atoms. The molecule has 4 heterocycles. The molecule has 4 aromatic rings. The van der Waals surface area contributed by atoms with Crippen LogP contribution in [0.15, 0.2) is 60.9 Å². The molecule has 0 saturated heterocycles. The molecule has 0 aliphatic carbocycles. The van der Waals surface area contributed by atoms with E-state index in [0.717, 1.165) is 22.3 Å². The van der Waals surface area contributed by atoms with E-state index in [4.69, 9.17) is 58.3 Å². The number of nitrogens with zero attached hydrogens (tertiary/aromatic N) is 4. The van der Waals surface area contributed by atoms with Crippen molar-refractivity contribution in [1.82, 2.24) is 9.97 Å². The third-order valence-electron chi connectivity index (χ3n) is 7.82. The third-order valence-corrected chi connectivity index (χ3v) is 8.03. The van der Waals surface area contributed by atoms with Gasteiger partial charge in [0.15, 0.2) is 11.4 Å². The van der Waals surface area contributed by atoms with Gasteiger partial charge in [0.05, 0.1) is 51.4 Å². The van der Waals surface area contributed by atoms with E-state index in [1.807, 2.05) is 6.92 Å². The summed E-state index contributed by atoms with van der Waals surface area (Å²) in [4.78, 5) is 48.7. The zero-order chi connectivity index (χ0) is 42.1. The van der Waals surface area contributed by atoms with Crippen molar-refractivity contribution >= 4 is 66.5 Å². The van der Waals surface area contributed by atoms with E-state index in [9.17, 15) is 24.7 Å². The largest absolute Gasteiger partial charge is 1.00 e. The maximum Gasteiger partial charge on any atom is 1.00 e. The first-order chi connectivity index (χ1) is 27.3. The van der Waals surface area contributed by atoms with Gasteiger partial charge in [0.2, 0.25) is 5.88 Å². The molecule has 2 aromatic carbocycles. The standard InChI is InChI=1S/C18H17BN2O5.C12H15BO5.C6H3ClN2.CH2O3.2Cs.H/c1-4-24-17(22)10-15-18-11(2)7-13(9-14(18)19(23)26-15)25-16-8-12(20-3)5-6-21-16;1-3-17-11(15)6-10-12-7(2)4-8(14)5-9(12)13(16)18-10;1-8-5-2-3-9-6(7)4-5;2-1-4-3;;;/h5-9,15,23H,4,10H2,1-2H3;4-5,10,14,16H,3,6H2,1-2H3;2-4H;1,3H;;;/q;;;;2*+1;-1/p-1. The first-order valence-electron chi connectivity index (χ1n) is 17.0. The van der Waals surface area contributed by atoms with Crippen molar-refractivity contribution in [3.8, 4) is 17.4 Å². The van der Waals surface area contributed by atoms with E-state index in [-0.39, 0.29) is 182 Å². The van der Waals surface area contributed by atoms with Crippen LogP contribution in [0.2, 0.25) is 5.15 Å². The summed E-state index contributed by atoms with van der Waals surface area (Å²) in [7, 11) is -2.25. The van der Waals surface area contributed by atoms with Crippen LogP contribution in [-0.4, -0.2) is 71.0 Å². The molecule has 2 atom stereocenters. The van der Waals surface area contributed by atoms with Gasteiger partial charge in [-0.15, -0.1) is 0 Å². The number of esters is 2. The van der Waals surface area contributed by atoms with Crippen molar-refractivity contribution < 1.29 is 202 Å². The molecule has 17 nitrogen and oxygen atoms in total. The molecule has 0 fully saturated rings. The SMILES string of the molecule is CCOC(=O)CC1OB(O)c2cc(O)cc(C)c21.O=CO[O-].[C-]#[N+]c1ccnc(Cl)c1.[C-]#[N+]c1ccnc(Oc2cc(C)c3c(c2)B(O)OC3CC(=O)OCC)c1.[Cs+].[Cs+].[H-]. The molecule has 3 N–H and O–H groups in total. The molecule has 298 valence electrons. The molecule has 22 heteroatoms. The number of benzene rings is 2. The Morgan fingerprint density at radius 3 is 1.80 bits per heavy atom. The fourth-order valence-corrected chi connectivity index (χ4v) is 5.86. The van der Waals surface area contributed by atoms with E-state index >= 15 is 0 Å². The summed E-state index contributed by atoms with van der Waals surface area (Å²) in [6.07, 6.45) is 2.02. The van der Waals surface area contributed by atoms with Crippen molar-refractivity contribution in [2.75, 3.05) is 13.2 Å². The summed E-state index contributed by atoms with van der Waals surface area (Å²) < 4.78 is 26.4. The molecule has 2 unspecified atom stereocenters. The summed E-state index contributed by atoms with van der Waals surface area (Å²) in [5.41, 5.74) is 5.15. The minimum Gasteiger partial charge on any atom is -1.00 e. The van der Waals surface area contributed by atoms with Crippen LogP contribution in [0.4, 0.5) is 11.4 Å². The number of fused-ring (bicyclic) bond motifs is 2. The van der Waals surface area contributed by atoms with Crippen LogP contribution in [-0.2, 0) is 38.1 Å². The number of phenolic OH excluding ortho intramolecular Hbond substituents is 1. The fraction of sp³-hybridized carbons (Fsp3) is 0.270. The zero-order valence-corrected chi connectivity index (χ0v) is 46.4. The van der Waals surface area contributed by atoms with Crippen molar-refractivity contribution in [3.05, 3.63) is 111 Å². The number of aryl methyl sites for hydroxylation is 2. The van der Waals surface area contributed by atoms with Crippen molar-refractivity contribution in [1.29, 1.82) is 0 Å². The van der Waals surface area contributed by atoms with Gasteiger partial charge in [-0.05, 0) is 103 Å². The number of carbonyl (C=O) groups is 3. The Kier molecular flexibility index (Phi) is 26.7. The summed E-state index contributed by atoms with van der Waals surface area (Å²) in [5.74, 6) is 0.0859. The molecule has 6 rings (SSSR count). The van der Waals surface area contributed by atoms with Crippen LogP contribution in [0, 0.1) is 27.0 Å².